The number of aliphatic hydroxyl groups excluding tert-OH is 1. The van der Waals surface area contributed by atoms with E-state index < -0.39 is 6.10 Å². The molecule has 6 nitrogen and oxygen atoms in total. The summed E-state index contributed by atoms with van der Waals surface area (Å²) in [7, 11) is 0. The molecule has 1 fully saturated rings. The van der Waals surface area contributed by atoms with E-state index in [1.54, 1.807) is 11.8 Å². The van der Waals surface area contributed by atoms with Gasteiger partial charge in [-0.25, -0.2) is 9.78 Å². The molecule has 23 heavy (non-hydrogen) atoms. The highest BCUT2D eigenvalue weighted by molar-refractivity contribution is 5.74. The van der Waals surface area contributed by atoms with Crippen molar-refractivity contribution in [3.63, 3.8) is 0 Å². The quantitative estimate of drug-likeness (QED) is 0.841. The van der Waals surface area contributed by atoms with Crippen LogP contribution in [0.3, 0.4) is 0 Å². The van der Waals surface area contributed by atoms with E-state index in [-0.39, 0.29) is 12.1 Å². The molecule has 0 bridgehead atoms. The Morgan fingerprint density at radius 2 is 2.04 bits per heavy atom. The fourth-order valence-corrected chi connectivity index (χ4v) is 2.75. The van der Waals surface area contributed by atoms with E-state index in [9.17, 15) is 9.90 Å². The first-order valence-electron chi connectivity index (χ1n) is 8.39. The minimum atomic E-state index is -0.537. The number of hydrogen-bond acceptors (Lipinski definition) is 4. The number of hydrogen-bond donors (Lipinski definition) is 2. The molecule has 0 aromatic carbocycles. The first-order valence-corrected chi connectivity index (χ1v) is 8.39. The summed E-state index contributed by atoms with van der Waals surface area (Å²) in [5, 5.41) is 12.4. The largest absolute Gasteiger partial charge is 0.392 e. The summed E-state index contributed by atoms with van der Waals surface area (Å²) in [6, 6.07) is 3.91. The van der Waals surface area contributed by atoms with Crippen LogP contribution in [-0.2, 0) is 6.54 Å². The molecule has 0 aliphatic carbocycles. The van der Waals surface area contributed by atoms with Crippen LogP contribution in [0.15, 0.2) is 18.3 Å². The number of carbonyl (C=O) groups excluding carboxylic acids is 1. The Balaban J connectivity index is 1.87. The second kappa shape index (κ2) is 8.15. The van der Waals surface area contributed by atoms with Gasteiger partial charge in [0.1, 0.15) is 5.82 Å². The summed E-state index contributed by atoms with van der Waals surface area (Å²) in [4.78, 5) is 20.7. The van der Waals surface area contributed by atoms with E-state index >= 15 is 0 Å². The second-order valence-corrected chi connectivity index (χ2v) is 6.47. The molecule has 1 aliphatic heterocycles. The topological polar surface area (TPSA) is 68.7 Å². The van der Waals surface area contributed by atoms with E-state index in [2.05, 4.69) is 15.2 Å². The Morgan fingerprint density at radius 3 is 2.57 bits per heavy atom. The second-order valence-electron chi connectivity index (χ2n) is 6.47. The summed E-state index contributed by atoms with van der Waals surface area (Å²) in [6.45, 7) is 8.48. The first-order chi connectivity index (χ1) is 11.0. The lowest BCUT2D eigenvalue weighted by Gasteiger charge is -2.28. The van der Waals surface area contributed by atoms with Gasteiger partial charge in [0.05, 0.1) is 6.10 Å². The van der Waals surface area contributed by atoms with Crippen LogP contribution < -0.4 is 10.2 Å². The predicted molar refractivity (Wildman–Crippen MR) is 91.4 cm³/mol. The van der Waals surface area contributed by atoms with Gasteiger partial charge in [-0.15, -0.1) is 0 Å². The van der Waals surface area contributed by atoms with Gasteiger partial charge in [0.25, 0.3) is 0 Å². The Morgan fingerprint density at radius 1 is 1.35 bits per heavy atom. The summed E-state index contributed by atoms with van der Waals surface area (Å²) in [6.07, 6.45) is 3.74. The van der Waals surface area contributed by atoms with Gasteiger partial charge < -0.3 is 20.2 Å². The number of pyridine rings is 1. The van der Waals surface area contributed by atoms with Crippen molar-refractivity contribution in [3.8, 4) is 0 Å². The van der Waals surface area contributed by atoms with E-state index in [4.69, 9.17) is 0 Å². The van der Waals surface area contributed by atoms with E-state index in [1.807, 2.05) is 32.2 Å². The predicted octanol–water partition coefficient (Wildman–Crippen LogP) is 1.98. The van der Waals surface area contributed by atoms with Crippen LogP contribution >= 0.6 is 0 Å². The fraction of sp³-hybridized carbons (Fsp3) is 0.647. The van der Waals surface area contributed by atoms with Gasteiger partial charge in [0.15, 0.2) is 0 Å². The van der Waals surface area contributed by atoms with Crippen molar-refractivity contribution < 1.29 is 9.90 Å². The summed E-state index contributed by atoms with van der Waals surface area (Å²) in [5.74, 6) is 1.01. The van der Waals surface area contributed by atoms with Gasteiger partial charge >= 0.3 is 6.03 Å². The van der Waals surface area contributed by atoms with Gasteiger partial charge in [-0.05, 0) is 45.2 Å². The van der Waals surface area contributed by atoms with Gasteiger partial charge in [-0.1, -0.05) is 6.07 Å². The van der Waals surface area contributed by atoms with Gasteiger partial charge in [-0.3, -0.25) is 0 Å². The molecule has 128 valence electrons. The zero-order valence-electron chi connectivity index (χ0n) is 14.3. The Labute approximate surface area is 138 Å². The maximum absolute atomic E-state index is 12.2. The molecule has 1 aromatic rings. The molecule has 0 radical (unpaired) electrons. The third-order valence-electron chi connectivity index (χ3n) is 4.03. The Bertz CT molecular complexity index is 496. The molecule has 2 rings (SSSR count). The van der Waals surface area contributed by atoms with Crippen LogP contribution in [0.4, 0.5) is 10.6 Å². The number of nitrogens with one attached hydrogen (secondary N) is 1. The lowest BCUT2D eigenvalue weighted by molar-refractivity contribution is 0.118. The van der Waals surface area contributed by atoms with Crippen LogP contribution in [0, 0.1) is 0 Å². The standard InChI is InChI=1S/C17H28N4O2/c1-13(2)21(12-14(3)22)17(23)19-11-15-6-7-16(18-10-15)20-8-4-5-9-20/h6-7,10,13-14,22H,4-5,8-9,11-12H2,1-3H3,(H,19,23). The van der Waals surface area contributed by atoms with Crippen molar-refractivity contribution in [1.29, 1.82) is 0 Å². The van der Waals surface area contributed by atoms with Crippen LogP contribution in [0.1, 0.15) is 39.2 Å². The molecule has 2 N–H and O–H groups in total. The minimum Gasteiger partial charge on any atom is -0.392 e. The molecule has 1 aliphatic rings. The molecule has 1 unspecified atom stereocenters. The maximum Gasteiger partial charge on any atom is 0.317 e. The van der Waals surface area contributed by atoms with Crippen LogP contribution in [0.5, 0.6) is 0 Å². The average Bonchev–Trinajstić information content (AvgIpc) is 3.04. The number of urea groups is 1. The molecule has 1 atom stereocenters. The normalized spacial score (nSPS) is 15.8. The Kier molecular flexibility index (Phi) is 6.21. The molecule has 2 heterocycles. The SMILES string of the molecule is CC(O)CN(C(=O)NCc1ccc(N2CCCC2)nc1)C(C)C. The Hall–Kier alpha value is -1.82. The van der Waals surface area contributed by atoms with Gasteiger partial charge in [-0.2, -0.15) is 0 Å². The molecular formula is C17H28N4O2. The molecule has 1 aromatic heterocycles. The molecule has 0 saturated carbocycles. The molecule has 0 spiro atoms. The zero-order chi connectivity index (χ0) is 16.8. The van der Waals surface area contributed by atoms with Gasteiger partial charge in [0, 0.05) is 38.4 Å². The molecule has 1 saturated heterocycles. The number of anilines is 1. The van der Waals surface area contributed by atoms with E-state index in [0.717, 1.165) is 24.5 Å². The lowest BCUT2D eigenvalue weighted by Crippen LogP contribution is -2.46. The number of aromatic nitrogens is 1. The zero-order valence-corrected chi connectivity index (χ0v) is 14.3. The van der Waals surface area contributed by atoms with Crippen molar-refractivity contribution in [2.45, 2.75) is 52.3 Å². The third kappa shape index (κ3) is 5.10. The maximum atomic E-state index is 12.2. The number of aliphatic hydroxyl groups is 1. The highest BCUT2D eigenvalue weighted by atomic mass is 16.3. The number of rotatable bonds is 6. The molecular weight excluding hydrogens is 292 g/mol. The monoisotopic (exact) mass is 320 g/mol. The molecule has 2 amide bonds. The highest BCUT2D eigenvalue weighted by Crippen LogP contribution is 2.17. The van der Waals surface area contributed by atoms with Crippen LogP contribution in [-0.4, -0.2) is 52.8 Å². The van der Waals surface area contributed by atoms with Crippen molar-refractivity contribution in [3.05, 3.63) is 23.9 Å². The van der Waals surface area contributed by atoms with E-state index in [1.165, 1.54) is 12.8 Å². The fourth-order valence-electron chi connectivity index (χ4n) is 2.75. The highest BCUT2D eigenvalue weighted by Gasteiger charge is 2.18. The van der Waals surface area contributed by atoms with Crippen molar-refractivity contribution in [1.82, 2.24) is 15.2 Å². The van der Waals surface area contributed by atoms with E-state index in [0.29, 0.717) is 13.1 Å². The number of amides is 2. The lowest BCUT2D eigenvalue weighted by atomic mass is 10.2. The van der Waals surface area contributed by atoms with Crippen LogP contribution in [0.2, 0.25) is 0 Å². The third-order valence-corrected chi connectivity index (χ3v) is 4.03. The molecule has 6 heteroatoms. The number of carbonyl (C=O) groups is 1. The summed E-state index contributed by atoms with van der Waals surface area (Å²) >= 11 is 0. The van der Waals surface area contributed by atoms with Crippen molar-refractivity contribution in [2.75, 3.05) is 24.5 Å². The van der Waals surface area contributed by atoms with Crippen molar-refractivity contribution >= 4 is 11.8 Å². The smallest absolute Gasteiger partial charge is 0.317 e. The average molecular weight is 320 g/mol. The first kappa shape index (κ1) is 17.5. The van der Waals surface area contributed by atoms with Crippen LogP contribution in [0.25, 0.3) is 0 Å². The minimum absolute atomic E-state index is 0.0419. The number of nitrogens with zero attached hydrogens (tertiary/aromatic N) is 3. The summed E-state index contributed by atoms with van der Waals surface area (Å²) in [5.41, 5.74) is 0.974. The van der Waals surface area contributed by atoms with Gasteiger partial charge in [0.2, 0.25) is 0 Å². The van der Waals surface area contributed by atoms with Crippen molar-refractivity contribution in [2.24, 2.45) is 0 Å². The summed E-state index contributed by atoms with van der Waals surface area (Å²) < 4.78 is 0.